The molecule has 1 amide bonds. The van der Waals surface area contributed by atoms with E-state index in [1.165, 1.54) is 6.42 Å². The molecular formula is C30H38Cl2N4O5. The molecule has 0 bridgehead atoms. The maximum absolute atomic E-state index is 13.1. The lowest BCUT2D eigenvalue weighted by molar-refractivity contribution is 0.0922. The Hall–Kier alpha value is -3.40. The minimum absolute atomic E-state index is 0. The number of hydrogen-bond donors (Lipinski definition) is 3. The van der Waals surface area contributed by atoms with E-state index in [9.17, 15) is 4.79 Å². The average molecular weight is 606 g/mol. The van der Waals surface area contributed by atoms with E-state index < -0.39 is 6.16 Å². The maximum atomic E-state index is 13.1. The van der Waals surface area contributed by atoms with Gasteiger partial charge in [-0.3, -0.25) is 9.78 Å². The summed E-state index contributed by atoms with van der Waals surface area (Å²) in [5, 5.41) is 17.6. The van der Waals surface area contributed by atoms with Gasteiger partial charge in [-0.15, -0.1) is 12.4 Å². The maximum Gasteiger partial charge on any atom is 0.503 e. The fourth-order valence-electron chi connectivity index (χ4n) is 4.57. The van der Waals surface area contributed by atoms with Crippen LogP contribution in [0.4, 0.5) is 4.79 Å². The number of carboxylic acid groups (broad SMARTS) is 2. The van der Waals surface area contributed by atoms with Crippen molar-refractivity contribution in [1.82, 2.24) is 20.2 Å². The van der Waals surface area contributed by atoms with Crippen LogP contribution >= 0.6 is 24.0 Å². The summed E-state index contributed by atoms with van der Waals surface area (Å²) in [6.07, 6.45) is 6.19. The van der Waals surface area contributed by atoms with E-state index in [1.54, 1.807) is 6.20 Å². The highest BCUT2D eigenvalue weighted by Gasteiger charge is 2.21. The smallest absolute Gasteiger partial charge is 0.492 e. The number of aromatic nitrogens is 2. The first-order chi connectivity index (χ1) is 19.2. The SMILES string of the molecule is Cc1ccccc1-c1ncc(C(=O)NC2CCCCC2)nc1-c1ccc(Cl)c(OCCCN(C)C)c1.Cl.O=C(O)O. The van der Waals surface area contributed by atoms with Crippen molar-refractivity contribution in [1.29, 1.82) is 0 Å². The number of halogens is 2. The molecule has 0 saturated heterocycles. The van der Waals surface area contributed by atoms with Gasteiger partial charge in [0.05, 0.1) is 29.2 Å². The van der Waals surface area contributed by atoms with Crippen molar-refractivity contribution in [2.45, 2.75) is 51.5 Å². The zero-order valence-corrected chi connectivity index (χ0v) is 25.2. The minimum atomic E-state index is -1.83. The fraction of sp³-hybridized carbons (Fsp3) is 0.400. The number of carbonyl (C=O) groups excluding carboxylic acids is 1. The van der Waals surface area contributed by atoms with E-state index >= 15 is 0 Å². The van der Waals surface area contributed by atoms with Crippen LogP contribution in [-0.4, -0.2) is 70.4 Å². The molecule has 0 spiro atoms. The summed E-state index contributed by atoms with van der Waals surface area (Å²) < 4.78 is 6.01. The molecule has 0 atom stereocenters. The van der Waals surface area contributed by atoms with Crippen molar-refractivity contribution >= 4 is 36.1 Å². The first-order valence-corrected chi connectivity index (χ1v) is 13.8. The third kappa shape index (κ3) is 10.5. The summed E-state index contributed by atoms with van der Waals surface area (Å²) in [7, 11) is 4.08. The van der Waals surface area contributed by atoms with E-state index in [-0.39, 0.29) is 24.4 Å². The van der Waals surface area contributed by atoms with Crippen molar-refractivity contribution in [2.24, 2.45) is 0 Å². The fourth-order valence-corrected chi connectivity index (χ4v) is 4.74. The van der Waals surface area contributed by atoms with Gasteiger partial charge in [0.2, 0.25) is 0 Å². The van der Waals surface area contributed by atoms with Crippen LogP contribution in [0.2, 0.25) is 5.02 Å². The summed E-state index contributed by atoms with van der Waals surface area (Å²) in [6, 6.07) is 13.9. The Morgan fingerprint density at radius 2 is 1.76 bits per heavy atom. The second-order valence-corrected chi connectivity index (χ2v) is 10.4. The normalized spacial score (nSPS) is 13.0. The Labute approximate surface area is 252 Å². The molecule has 1 aliphatic rings. The van der Waals surface area contributed by atoms with Crippen LogP contribution in [-0.2, 0) is 0 Å². The van der Waals surface area contributed by atoms with Gasteiger partial charge in [-0.05, 0) is 58.0 Å². The molecule has 1 aliphatic carbocycles. The molecule has 1 aromatic heterocycles. The van der Waals surface area contributed by atoms with Gasteiger partial charge in [0.1, 0.15) is 11.4 Å². The third-order valence-corrected chi connectivity index (χ3v) is 6.87. The molecule has 9 nitrogen and oxygen atoms in total. The number of nitrogens with zero attached hydrogens (tertiary/aromatic N) is 3. The van der Waals surface area contributed by atoms with Gasteiger partial charge in [0.25, 0.3) is 5.91 Å². The van der Waals surface area contributed by atoms with Gasteiger partial charge in [-0.2, -0.15) is 0 Å². The van der Waals surface area contributed by atoms with Crippen molar-refractivity contribution in [3.63, 3.8) is 0 Å². The number of amides is 1. The van der Waals surface area contributed by atoms with Gasteiger partial charge in [0.15, 0.2) is 0 Å². The minimum Gasteiger partial charge on any atom is -0.492 e. The van der Waals surface area contributed by atoms with Gasteiger partial charge in [-0.1, -0.05) is 61.2 Å². The zero-order valence-electron chi connectivity index (χ0n) is 23.6. The number of nitrogens with one attached hydrogen (secondary N) is 1. The van der Waals surface area contributed by atoms with Crippen LogP contribution in [0.25, 0.3) is 22.5 Å². The number of rotatable bonds is 9. The Morgan fingerprint density at radius 3 is 2.41 bits per heavy atom. The lowest BCUT2D eigenvalue weighted by atomic mass is 9.95. The Kier molecular flexibility index (Phi) is 13.8. The van der Waals surface area contributed by atoms with Crippen molar-refractivity contribution in [3.05, 3.63) is 64.9 Å². The van der Waals surface area contributed by atoms with E-state index in [0.717, 1.165) is 61.0 Å². The molecule has 11 heteroatoms. The Bertz CT molecular complexity index is 1300. The molecule has 1 fully saturated rings. The molecule has 3 aromatic rings. The first kappa shape index (κ1) is 33.8. The third-order valence-electron chi connectivity index (χ3n) is 6.56. The molecule has 3 N–H and O–H groups in total. The van der Waals surface area contributed by atoms with Gasteiger partial charge < -0.3 is 25.2 Å². The Morgan fingerprint density at radius 1 is 1.07 bits per heavy atom. The van der Waals surface area contributed by atoms with Crippen LogP contribution in [0.3, 0.4) is 0 Å². The summed E-state index contributed by atoms with van der Waals surface area (Å²) in [5.41, 5.74) is 4.54. The lowest BCUT2D eigenvalue weighted by Gasteiger charge is -2.22. The summed E-state index contributed by atoms with van der Waals surface area (Å²) in [5.74, 6) is 0.420. The largest absolute Gasteiger partial charge is 0.503 e. The number of hydrogen-bond acceptors (Lipinski definition) is 6. The predicted molar refractivity (Wildman–Crippen MR) is 164 cm³/mol. The summed E-state index contributed by atoms with van der Waals surface area (Å²) in [6.45, 7) is 3.53. The highest BCUT2D eigenvalue weighted by molar-refractivity contribution is 6.32. The number of aryl methyl sites for hydroxylation is 1. The van der Waals surface area contributed by atoms with Crippen LogP contribution in [0, 0.1) is 6.92 Å². The van der Waals surface area contributed by atoms with Gasteiger partial charge in [0, 0.05) is 23.7 Å². The van der Waals surface area contributed by atoms with Crippen molar-refractivity contribution < 1.29 is 24.5 Å². The lowest BCUT2D eigenvalue weighted by Crippen LogP contribution is -2.36. The van der Waals surface area contributed by atoms with Gasteiger partial charge >= 0.3 is 6.16 Å². The van der Waals surface area contributed by atoms with Crippen molar-refractivity contribution in [3.8, 4) is 28.3 Å². The highest BCUT2D eigenvalue weighted by atomic mass is 35.5. The van der Waals surface area contributed by atoms with Crippen molar-refractivity contribution in [2.75, 3.05) is 27.2 Å². The number of carbonyl (C=O) groups is 2. The highest BCUT2D eigenvalue weighted by Crippen LogP contribution is 2.35. The molecule has 0 aliphatic heterocycles. The number of ether oxygens (including phenoxy) is 1. The second kappa shape index (κ2) is 16.8. The molecule has 41 heavy (non-hydrogen) atoms. The molecule has 0 unspecified atom stereocenters. The zero-order chi connectivity index (χ0) is 29.1. The van der Waals surface area contributed by atoms with Gasteiger partial charge in [-0.25, -0.2) is 9.78 Å². The second-order valence-electron chi connectivity index (χ2n) is 10.0. The van der Waals surface area contributed by atoms with E-state index in [0.29, 0.717) is 28.8 Å². The van der Waals surface area contributed by atoms with Crippen LogP contribution in [0.1, 0.15) is 54.6 Å². The molecule has 2 aromatic carbocycles. The quantitative estimate of drug-likeness (QED) is 0.227. The van der Waals surface area contributed by atoms with E-state index in [1.807, 2.05) is 63.5 Å². The topological polar surface area (TPSA) is 125 Å². The molecular weight excluding hydrogens is 567 g/mol. The standard InChI is InChI=1S/C29H35ClN4O2.CH2O3.ClH/c1-20-10-7-8-13-23(20)28-27(21-14-15-24(30)26(18-21)36-17-9-16-34(2)3)33-25(19-31-28)29(35)32-22-11-5-4-6-12-22;2-1(3)4;/h7-8,10,13-15,18-19,22H,4-6,9,11-12,16-17H2,1-3H3,(H,32,35);(H2,2,3,4);1H. The average Bonchev–Trinajstić information content (AvgIpc) is 2.92. The molecule has 1 heterocycles. The van der Waals surface area contributed by atoms with Crippen LogP contribution in [0.15, 0.2) is 48.7 Å². The summed E-state index contributed by atoms with van der Waals surface area (Å²) >= 11 is 6.46. The monoisotopic (exact) mass is 604 g/mol. The van der Waals surface area contributed by atoms with E-state index in [4.69, 9.17) is 41.3 Å². The summed E-state index contributed by atoms with van der Waals surface area (Å²) in [4.78, 5) is 33.4. The van der Waals surface area contributed by atoms with E-state index in [2.05, 4.69) is 10.2 Å². The molecule has 222 valence electrons. The first-order valence-electron chi connectivity index (χ1n) is 13.4. The number of benzene rings is 2. The molecule has 4 rings (SSSR count). The van der Waals surface area contributed by atoms with Crippen LogP contribution in [0.5, 0.6) is 5.75 Å². The Balaban J connectivity index is 0.00000110. The molecule has 0 radical (unpaired) electrons. The molecule has 1 saturated carbocycles. The van der Waals surface area contributed by atoms with Crippen LogP contribution < -0.4 is 10.1 Å². The predicted octanol–water partition coefficient (Wildman–Crippen LogP) is 6.81.